The summed E-state index contributed by atoms with van der Waals surface area (Å²) in [6.07, 6.45) is 1.72. The van der Waals surface area contributed by atoms with Crippen LogP contribution in [0.15, 0.2) is 24.3 Å². The average Bonchev–Trinajstić information content (AvgIpc) is 2.48. The number of benzene rings is 1. The van der Waals surface area contributed by atoms with E-state index < -0.39 is 0 Å². The Labute approximate surface area is 134 Å². The maximum atomic E-state index is 11.8. The quantitative estimate of drug-likeness (QED) is 0.903. The van der Waals surface area contributed by atoms with Crippen LogP contribution in [-0.2, 0) is 10.2 Å². The molecule has 22 heavy (non-hydrogen) atoms. The summed E-state index contributed by atoms with van der Waals surface area (Å²) in [5.74, 6) is 1.34. The maximum Gasteiger partial charge on any atom is 0.136 e. The fraction of sp³-hybridized carbons (Fsp3) is 0.632. The van der Waals surface area contributed by atoms with E-state index in [9.17, 15) is 9.90 Å². The van der Waals surface area contributed by atoms with Crippen molar-refractivity contribution in [2.24, 2.45) is 11.8 Å². The van der Waals surface area contributed by atoms with Gasteiger partial charge in [0, 0.05) is 25.4 Å². The van der Waals surface area contributed by atoms with Crippen molar-refractivity contribution in [3.63, 3.8) is 0 Å². The topological polar surface area (TPSA) is 40.5 Å². The Balaban J connectivity index is 1.99. The predicted molar refractivity (Wildman–Crippen MR) is 90.1 cm³/mol. The number of piperidine rings is 1. The van der Waals surface area contributed by atoms with Gasteiger partial charge in [0.1, 0.15) is 11.5 Å². The smallest absolute Gasteiger partial charge is 0.136 e. The van der Waals surface area contributed by atoms with E-state index in [4.69, 9.17) is 0 Å². The molecular formula is C19H29NO2. The van der Waals surface area contributed by atoms with Gasteiger partial charge in [0.15, 0.2) is 0 Å². The normalized spacial score (nSPS) is 26.3. The zero-order chi connectivity index (χ0) is 16.3. The van der Waals surface area contributed by atoms with Gasteiger partial charge in [-0.3, -0.25) is 4.79 Å². The number of carbonyl (C=O) groups excluding carboxylic acids is 1. The SMILES string of the molecule is CC(C)C(=O)CCN1CC[C@@](C)(c2cccc(O)c2)[C@@H](C)C1. The van der Waals surface area contributed by atoms with Gasteiger partial charge in [0.2, 0.25) is 0 Å². The van der Waals surface area contributed by atoms with E-state index in [0.29, 0.717) is 23.9 Å². The number of aromatic hydroxyl groups is 1. The molecule has 1 heterocycles. The summed E-state index contributed by atoms with van der Waals surface area (Å²) < 4.78 is 0. The molecule has 1 aliphatic heterocycles. The van der Waals surface area contributed by atoms with Gasteiger partial charge in [-0.1, -0.05) is 39.8 Å². The first-order valence-corrected chi connectivity index (χ1v) is 8.37. The molecule has 0 aromatic heterocycles. The second-order valence-electron chi connectivity index (χ2n) is 7.29. The lowest BCUT2D eigenvalue weighted by atomic mass is 9.68. The van der Waals surface area contributed by atoms with Crippen LogP contribution in [0.3, 0.4) is 0 Å². The summed E-state index contributed by atoms with van der Waals surface area (Å²) in [5.41, 5.74) is 1.31. The van der Waals surface area contributed by atoms with E-state index in [1.165, 1.54) is 5.56 Å². The Hall–Kier alpha value is -1.35. The highest BCUT2D eigenvalue weighted by molar-refractivity contribution is 5.80. The minimum Gasteiger partial charge on any atom is -0.508 e. The number of hydrogen-bond donors (Lipinski definition) is 1. The predicted octanol–water partition coefficient (Wildman–Crippen LogP) is 3.61. The van der Waals surface area contributed by atoms with Crippen LogP contribution in [0.25, 0.3) is 0 Å². The van der Waals surface area contributed by atoms with Gasteiger partial charge in [-0.2, -0.15) is 0 Å². The average molecular weight is 303 g/mol. The van der Waals surface area contributed by atoms with Crippen LogP contribution in [0.5, 0.6) is 5.75 Å². The molecule has 3 heteroatoms. The van der Waals surface area contributed by atoms with Crippen LogP contribution in [-0.4, -0.2) is 35.4 Å². The molecule has 1 aromatic carbocycles. The molecule has 0 aliphatic carbocycles. The molecule has 0 saturated carbocycles. The first kappa shape index (κ1) is 17.0. The maximum absolute atomic E-state index is 11.8. The third-order valence-electron chi connectivity index (χ3n) is 5.39. The minimum absolute atomic E-state index is 0.0945. The number of carbonyl (C=O) groups is 1. The van der Waals surface area contributed by atoms with Gasteiger partial charge in [0.25, 0.3) is 0 Å². The van der Waals surface area contributed by atoms with Crippen molar-refractivity contribution in [1.82, 2.24) is 4.90 Å². The van der Waals surface area contributed by atoms with Crippen molar-refractivity contribution in [3.05, 3.63) is 29.8 Å². The molecule has 1 aromatic rings. The van der Waals surface area contributed by atoms with Crippen molar-refractivity contribution in [2.75, 3.05) is 19.6 Å². The van der Waals surface area contributed by atoms with Crippen molar-refractivity contribution < 1.29 is 9.90 Å². The third kappa shape index (κ3) is 3.70. The number of rotatable bonds is 5. The van der Waals surface area contributed by atoms with E-state index in [2.05, 4.69) is 24.8 Å². The van der Waals surface area contributed by atoms with Gasteiger partial charge in [0.05, 0.1) is 0 Å². The van der Waals surface area contributed by atoms with Crippen LogP contribution in [0.1, 0.15) is 46.1 Å². The second kappa shape index (κ2) is 6.82. The Bertz CT molecular complexity index is 526. The summed E-state index contributed by atoms with van der Waals surface area (Å²) in [7, 11) is 0. The Kier molecular flexibility index (Phi) is 5.28. The highest BCUT2D eigenvalue weighted by Crippen LogP contribution is 2.40. The molecule has 1 N–H and O–H groups in total. The number of ketones is 1. The number of phenolic OH excluding ortho intramolecular Hbond substituents is 1. The summed E-state index contributed by atoms with van der Waals surface area (Å²) in [6.45, 7) is 11.4. The molecule has 1 aliphatic rings. The summed E-state index contributed by atoms with van der Waals surface area (Å²) in [5, 5.41) is 9.75. The molecule has 1 saturated heterocycles. The highest BCUT2D eigenvalue weighted by Gasteiger charge is 2.38. The molecule has 3 nitrogen and oxygen atoms in total. The van der Waals surface area contributed by atoms with Crippen LogP contribution in [0.4, 0.5) is 0 Å². The van der Waals surface area contributed by atoms with E-state index in [1.54, 1.807) is 6.07 Å². The lowest BCUT2D eigenvalue weighted by Gasteiger charge is -2.45. The van der Waals surface area contributed by atoms with Gasteiger partial charge in [-0.05, 0) is 42.0 Å². The fourth-order valence-electron chi connectivity index (χ4n) is 3.37. The zero-order valence-corrected chi connectivity index (χ0v) is 14.3. The van der Waals surface area contributed by atoms with Crippen LogP contribution in [0, 0.1) is 11.8 Å². The lowest BCUT2D eigenvalue weighted by Crippen LogP contribution is -2.47. The molecule has 1 fully saturated rings. The Morgan fingerprint density at radius 1 is 1.45 bits per heavy atom. The Morgan fingerprint density at radius 3 is 2.77 bits per heavy atom. The first-order valence-electron chi connectivity index (χ1n) is 8.37. The van der Waals surface area contributed by atoms with Crippen molar-refractivity contribution in [2.45, 2.75) is 46.0 Å². The van der Waals surface area contributed by atoms with Gasteiger partial charge >= 0.3 is 0 Å². The number of nitrogens with zero attached hydrogens (tertiary/aromatic N) is 1. The first-order chi connectivity index (χ1) is 10.3. The molecule has 122 valence electrons. The highest BCUT2D eigenvalue weighted by atomic mass is 16.3. The van der Waals surface area contributed by atoms with E-state index in [0.717, 1.165) is 26.1 Å². The van der Waals surface area contributed by atoms with Gasteiger partial charge in [-0.15, -0.1) is 0 Å². The van der Waals surface area contributed by atoms with Gasteiger partial charge < -0.3 is 10.0 Å². The van der Waals surface area contributed by atoms with E-state index in [1.807, 2.05) is 26.0 Å². The zero-order valence-electron chi connectivity index (χ0n) is 14.3. The van der Waals surface area contributed by atoms with Crippen LogP contribution >= 0.6 is 0 Å². The van der Waals surface area contributed by atoms with E-state index in [-0.39, 0.29) is 11.3 Å². The van der Waals surface area contributed by atoms with E-state index >= 15 is 0 Å². The lowest BCUT2D eigenvalue weighted by molar-refractivity contribution is -0.122. The molecule has 0 radical (unpaired) electrons. The number of hydrogen-bond acceptors (Lipinski definition) is 3. The third-order valence-corrected chi connectivity index (χ3v) is 5.39. The van der Waals surface area contributed by atoms with Crippen LogP contribution < -0.4 is 0 Å². The van der Waals surface area contributed by atoms with Gasteiger partial charge in [-0.25, -0.2) is 0 Å². The Morgan fingerprint density at radius 2 is 2.18 bits per heavy atom. The minimum atomic E-state index is 0.0945. The summed E-state index contributed by atoms with van der Waals surface area (Å²) in [4.78, 5) is 14.2. The van der Waals surface area contributed by atoms with Crippen molar-refractivity contribution >= 4 is 5.78 Å². The molecule has 0 unspecified atom stereocenters. The number of likely N-dealkylation sites (tertiary alicyclic amines) is 1. The number of phenols is 1. The standard InChI is InChI=1S/C19H29NO2/c1-14(2)18(22)8-10-20-11-9-19(4,15(3)13-20)16-6-5-7-17(21)12-16/h5-7,12,14-15,21H,8-11,13H2,1-4H3/t15-,19+/m0/s1. The van der Waals surface area contributed by atoms with Crippen LogP contribution in [0.2, 0.25) is 0 Å². The molecule has 0 bridgehead atoms. The monoisotopic (exact) mass is 303 g/mol. The largest absolute Gasteiger partial charge is 0.508 e. The summed E-state index contributed by atoms with van der Waals surface area (Å²) in [6, 6.07) is 7.67. The van der Waals surface area contributed by atoms with Crippen molar-refractivity contribution in [3.8, 4) is 5.75 Å². The molecule has 2 atom stereocenters. The fourth-order valence-corrected chi connectivity index (χ4v) is 3.37. The number of Topliss-reactive ketones (excluding diaryl/α,β-unsaturated/α-hetero) is 1. The molecule has 0 spiro atoms. The summed E-state index contributed by atoms with van der Waals surface area (Å²) >= 11 is 0. The molecule has 0 amide bonds. The molecule has 2 rings (SSSR count). The second-order valence-corrected chi connectivity index (χ2v) is 7.29. The van der Waals surface area contributed by atoms with Crippen molar-refractivity contribution in [1.29, 1.82) is 0 Å². The molecular weight excluding hydrogens is 274 g/mol.